The molecule has 0 saturated carbocycles. The van der Waals surface area contributed by atoms with Gasteiger partial charge >= 0.3 is 6.03 Å². The average Bonchev–Trinajstić information content (AvgIpc) is 2.20. The van der Waals surface area contributed by atoms with Gasteiger partial charge in [-0.25, -0.2) is 4.79 Å². The van der Waals surface area contributed by atoms with Crippen LogP contribution in [0.5, 0.6) is 0 Å². The Bertz CT molecular complexity index is 330. The van der Waals surface area contributed by atoms with E-state index in [2.05, 4.69) is 41.8 Å². The van der Waals surface area contributed by atoms with Gasteiger partial charge < -0.3 is 10.6 Å². The third kappa shape index (κ3) is 4.82. The summed E-state index contributed by atoms with van der Waals surface area (Å²) in [6.07, 6.45) is 0.867. The molecule has 88 valence electrons. The lowest BCUT2D eigenvalue weighted by molar-refractivity contribution is 0.238. The second-order valence-electron chi connectivity index (χ2n) is 4.29. The zero-order chi connectivity index (χ0) is 12.0. The van der Waals surface area contributed by atoms with E-state index in [-0.39, 0.29) is 12.1 Å². The fraction of sp³-hybridized carbons (Fsp3) is 0.462. The smallest absolute Gasteiger partial charge is 0.314 e. The normalized spacial score (nSPS) is 10.2. The van der Waals surface area contributed by atoms with Crippen LogP contribution in [0.2, 0.25) is 0 Å². The average molecular weight is 220 g/mol. The second kappa shape index (κ2) is 6.16. The summed E-state index contributed by atoms with van der Waals surface area (Å²) < 4.78 is 0. The summed E-state index contributed by atoms with van der Waals surface area (Å²) in [6.45, 7) is 6.62. The van der Waals surface area contributed by atoms with Crippen LogP contribution in [-0.2, 0) is 6.42 Å². The Labute approximate surface area is 97.2 Å². The van der Waals surface area contributed by atoms with Crippen molar-refractivity contribution in [1.29, 1.82) is 0 Å². The maximum atomic E-state index is 11.3. The van der Waals surface area contributed by atoms with Crippen molar-refractivity contribution in [2.45, 2.75) is 33.2 Å². The number of benzene rings is 1. The van der Waals surface area contributed by atoms with Crippen LogP contribution in [0, 0.1) is 6.92 Å². The molecule has 0 spiro atoms. The number of rotatable bonds is 4. The molecule has 0 aliphatic carbocycles. The number of nitrogens with one attached hydrogen (secondary N) is 2. The summed E-state index contributed by atoms with van der Waals surface area (Å²) in [6, 6.07) is 8.45. The summed E-state index contributed by atoms with van der Waals surface area (Å²) in [7, 11) is 0. The SMILES string of the molecule is Cc1ccc(CCNC(=O)NC(C)C)cc1. The van der Waals surface area contributed by atoms with Gasteiger partial charge in [-0.1, -0.05) is 29.8 Å². The fourth-order valence-electron chi connectivity index (χ4n) is 1.39. The van der Waals surface area contributed by atoms with Gasteiger partial charge in [-0.05, 0) is 32.8 Å². The molecule has 2 amide bonds. The minimum atomic E-state index is -0.0953. The molecule has 3 heteroatoms. The first-order valence-electron chi connectivity index (χ1n) is 5.68. The molecule has 1 aromatic rings. The lowest BCUT2D eigenvalue weighted by Crippen LogP contribution is -2.40. The van der Waals surface area contributed by atoms with E-state index < -0.39 is 0 Å². The van der Waals surface area contributed by atoms with E-state index in [1.165, 1.54) is 11.1 Å². The van der Waals surface area contributed by atoms with Gasteiger partial charge in [0.1, 0.15) is 0 Å². The minimum Gasteiger partial charge on any atom is -0.338 e. The molecular weight excluding hydrogens is 200 g/mol. The summed E-state index contributed by atoms with van der Waals surface area (Å²) >= 11 is 0. The van der Waals surface area contributed by atoms with Gasteiger partial charge in [0.2, 0.25) is 0 Å². The molecule has 0 saturated heterocycles. The number of amides is 2. The topological polar surface area (TPSA) is 41.1 Å². The van der Waals surface area contributed by atoms with Gasteiger partial charge in [0.05, 0.1) is 0 Å². The number of carbonyl (C=O) groups is 1. The van der Waals surface area contributed by atoms with Gasteiger partial charge in [0.15, 0.2) is 0 Å². The largest absolute Gasteiger partial charge is 0.338 e. The first-order valence-corrected chi connectivity index (χ1v) is 5.68. The molecule has 3 nitrogen and oxygen atoms in total. The molecule has 16 heavy (non-hydrogen) atoms. The van der Waals surface area contributed by atoms with Crippen LogP contribution in [0.15, 0.2) is 24.3 Å². The summed E-state index contributed by atoms with van der Waals surface area (Å²) in [5, 5.41) is 5.62. The van der Waals surface area contributed by atoms with Crippen LogP contribution in [-0.4, -0.2) is 18.6 Å². The Morgan fingerprint density at radius 1 is 1.25 bits per heavy atom. The Morgan fingerprint density at radius 3 is 2.44 bits per heavy atom. The molecule has 0 atom stereocenters. The predicted molar refractivity (Wildman–Crippen MR) is 66.6 cm³/mol. The Balaban J connectivity index is 2.25. The molecule has 0 heterocycles. The Hall–Kier alpha value is -1.51. The first-order chi connectivity index (χ1) is 7.58. The third-order valence-corrected chi connectivity index (χ3v) is 2.24. The van der Waals surface area contributed by atoms with Crippen molar-refractivity contribution in [2.75, 3.05) is 6.54 Å². The highest BCUT2D eigenvalue weighted by Crippen LogP contribution is 2.02. The van der Waals surface area contributed by atoms with Gasteiger partial charge in [0.25, 0.3) is 0 Å². The third-order valence-electron chi connectivity index (χ3n) is 2.24. The van der Waals surface area contributed by atoms with Crippen molar-refractivity contribution in [3.8, 4) is 0 Å². The monoisotopic (exact) mass is 220 g/mol. The van der Waals surface area contributed by atoms with E-state index in [0.717, 1.165) is 6.42 Å². The van der Waals surface area contributed by atoms with Crippen LogP contribution in [0.25, 0.3) is 0 Å². The number of hydrogen-bond donors (Lipinski definition) is 2. The van der Waals surface area contributed by atoms with Gasteiger partial charge in [-0.2, -0.15) is 0 Å². The molecule has 0 fully saturated rings. The molecule has 0 aromatic heterocycles. The van der Waals surface area contributed by atoms with Crippen molar-refractivity contribution in [3.63, 3.8) is 0 Å². The molecule has 1 rings (SSSR count). The van der Waals surface area contributed by atoms with Crippen LogP contribution in [0.1, 0.15) is 25.0 Å². The van der Waals surface area contributed by atoms with E-state index >= 15 is 0 Å². The molecule has 0 bridgehead atoms. The van der Waals surface area contributed by atoms with Crippen molar-refractivity contribution in [2.24, 2.45) is 0 Å². The Kier molecular flexibility index (Phi) is 4.83. The van der Waals surface area contributed by atoms with E-state index in [9.17, 15) is 4.79 Å². The quantitative estimate of drug-likeness (QED) is 0.802. The van der Waals surface area contributed by atoms with Crippen LogP contribution in [0.3, 0.4) is 0 Å². The van der Waals surface area contributed by atoms with Crippen LogP contribution >= 0.6 is 0 Å². The van der Waals surface area contributed by atoms with E-state index in [4.69, 9.17) is 0 Å². The van der Waals surface area contributed by atoms with Gasteiger partial charge in [-0.15, -0.1) is 0 Å². The fourth-order valence-corrected chi connectivity index (χ4v) is 1.39. The number of aryl methyl sites for hydroxylation is 1. The summed E-state index contributed by atoms with van der Waals surface area (Å²) in [5.41, 5.74) is 2.50. The first kappa shape index (κ1) is 12.6. The Morgan fingerprint density at radius 2 is 1.88 bits per heavy atom. The second-order valence-corrected chi connectivity index (χ2v) is 4.29. The highest BCUT2D eigenvalue weighted by molar-refractivity contribution is 5.74. The van der Waals surface area contributed by atoms with Crippen molar-refractivity contribution < 1.29 is 4.79 Å². The zero-order valence-corrected chi connectivity index (χ0v) is 10.2. The molecule has 0 aliphatic rings. The van der Waals surface area contributed by atoms with Gasteiger partial charge in [0, 0.05) is 12.6 Å². The van der Waals surface area contributed by atoms with Crippen molar-refractivity contribution in [1.82, 2.24) is 10.6 Å². The maximum absolute atomic E-state index is 11.3. The van der Waals surface area contributed by atoms with Crippen LogP contribution in [0.4, 0.5) is 4.79 Å². The molecule has 1 aromatic carbocycles. The van der Waals surface area contributed by atoms with E-state index in [0.29, 0.717) is 6.54 Å². The van der Waals surface area contributed by atoms with Crippen LogP contribution < -0.4 is 10.6 Å². The zero-order valence-electron chi connectivity index (χ0n) is 10.2. The standard InChI is InChI=1S/C13H20N2O/c1-10(2)15-13(16)14-9-8-12-6-4-11(3)5-7-12/h4-7,10H,8-9H2,1-3H3,(H2,14,15,16). The van der Waals surface area contributed by atoms with Crippen molar-refractivity contribution >= 4 is 6.03 Å². The highest BCUT2D eigenvalue weighted by Gasteiger charge is 2.01. The molecule has 0 radical (unpaired) electrons. The highest BCUT2D eigenvalue weighted by atomic mass is 16.2. The molecule has 0 unspecified atom stereocenters. The molecule has 0 aliphatic heterocycles. The molecular formula is C13H20N2O. The minimum absolute atomic E-state index is 0.0953. The molecule has 2 N–H and O–H groups in total. The van der Waals surface area contributed by atoms with E-state index in [1.807, 2.05) is 13.8 Å². The maximum Gasteiger partial charge on any atom is 0.314 e. The van der Waals surface area contributed by atoms with Gasteiger partial charge in [-0.3, -0.25) is 0 Å². The van der Waals surface area contributed by atoms with Crippen molar-refractivity contribution in [3.05, 3.63) is 35.4 Å². The summed E-state index contributed by atoms with van der Waals surface area (Å²) in [5.74, 6) is 0. The number of carbonyl (C=O) groups excluding carboxylic acids is 1. The predicted octanol–water partition coefficient (Wildman–Crippen LogP) is 2.25. The lowest BCUT2D eigenvalue weighted by atomic mass is 10.1. The number of urea groups is 1. The lowest BCUT2D eigenvalue weighted by Gasteiger charge is -2.10. The van der Waals surface area contributed by atoms with E-state index in [1.54, 1.807) is 0 Å². The number of hydrogen-bond acceptors (Lipinski definition) is 1. The summed E-state index contributed by atoms with van der Waals surface area (Å²) in [4.78, 5) is 11.3.